The Kier molecular flexibility index (Phi) is 4.82. The largest absolute Gasteiger partial charge is 0.493 e. The molecule has 0 radical (unpaired) electrons. The standard InChI is InChI=1S/C14H18BrNO3/c1-18-13-8-9(15)7-11(12(17)5-6-16)14(13)19-10-3-2-4-10/h7-8,10H,2-6,16H2,1H3. The summed E-state index contributed by atoms with van der Waals surface area (Å²) in [4.78, 5) is 12.1. The van der Waals surface area contributed by atoms with Crippen molar-refractivity contribution in [3.8, 4) is 11.5 Å². The van der Waals surface area contributed by atoms with Gasteiger partial charge in [0.1, 0.15) is 0 Å². The Morgan fingerprint density at radius 2 is 2.21 bits per heavy atom. The molecule has 1 aromatic carbocycles. The van der Waals surface area contributed by atoms with Crippen LogP contribution in [0.1, 0.15) is 36.0 Å². The minimum Gasteiger partial charge on any atom is -0.493 e. The first-order chi connectivity index (χ1) is 9.15. The number of hydrogen-bond donors (Lipinski definition) is 1. The second-order valence-electron chi connectivity index (χ2n) is 4.62. The van der Waals surface area contributed by atoms with Crippen molar-refractivity contribution < 1.29 is 14.3 Å². The van der Waals surface area contributed by atoms with Gasteiger partial charge in [-0.2, -0.15) is 0 Å². The van der Waals surface area contributed by atoms with Gasteiger partial charge in [-0.1, -0.05) is 15.9 Å². The quantitative estimate of drug-likeness (QED) is 0.816. The van der Waals surface area contributed by atoms with Gasteiger partial charge in [0.25, 0.3) is 0 Å². The van der Waals surface area contributed by atoms with Crippen LogP contribution < -0.4 is 15.2 Å². The fourth-order valence-corrected chi connectivity index (χ4v) is 2.41. The number of Topliss-reactive ketones (excluding diaryl/α,β-unsaturated/α-hetero) is 1. The van der Waals surface area contributed by atoms with E-state index in [9.17, 15) is 4.79 Å². The maximum atomic E-state index is 12.1. The van der Waals surface area contributed by atoms with Crippen molar-refractivity contribution in [3.63, 3.8) is 0 Å². The van der Waals surface area contributed by atoms with Gasteiger partial charge in [0.05, 0.1) is 18.8 Å². The Morgan fingerprint density at radius 3 is 2.74 bits per heavy atom. The molecular weight excluding hydrogens is 310 g/mol. The molecule has 0 aliphatic heterocycles. The predicted molar refractivity (Wildman–Crippen MR) is 77.0 cm³/mol. The lowest BCUT2D eigenvalue weighted by molar-refractivity contribution is 0.0950. The molecule has 2 N–H and O–H groups in total. The molecule has 1 aliphatic rings. The normalized spacial score (nSPS) is 14.9. The van der Waals surface area contributed by atoms with Crippen molar-refractivity contribution in [2.45, 2.75) is 31.8 Å². The summed E-state index contributed by atoms with van der Waals surface area (Å²) in [5.41, 5.74) is 6.00. The van der Waals surface area contributed by atoms with Crippen LogP contribution in [0.4, 0.5) is 0 Å². The molecule has 0 aromatic heterocycles. The van der Waals surface area contributed by atoms with Crippen LogP contribution in [0.15, 0.2) is 16.6 Å². The van der Waals surface area contributed by atoms with Crippen molar-refractivity contribution in [2.75, 3.05) is 13.7 Å². The minimum absolute atomic E-state index is 0.0172. The third-order valence-corrected chi connectivity index (χ3v) is 3.71. The average Bonchev–Trinajstić information content (AvgIpc) is 2.34. The van der Waals surface area contributed by atoms with E-state index in [0.717, 1.165) is 17.3 Å². The number of nitrogens with two attached hydrogens (primary N) is 1. The van der Waals surface area contributed by atoms with Crippen molar-refractivity contribution >= 4 is 21.7 Å². The Balaban J connectivity index is 2.36. The van der Waals surface area contributed by atoms with Crippen molar-refractivity contribution in [3.05, 3.63) is 22.2 Å². The third-order valence-electron chi connectivity index (χ3n) is 3.25. The Bertz CT molecular complexity index is 472. The molecule has 5 heteroatoms. The summed E-state index contributed by atoms with van der Waals surface area (Å²) in [5.74, 6) is 1.12. The number of halogens is 1. The molecule has 1 aromatic rings. The zero-order valence-corrected chi connectivity index (χ0v) is 12.5. The lowest BCUT2D eigenvalue weighted by Gasteiger charge is -2.28. The highest BCUT2D eigenvalue weighted by molar-refractivity contribution is 9.10. The smallest absolute Gasteiger partial charge is 0.172 e. The molecule has 4 nitrogen and oxygen atoms in total. The van der Waals surface area contributed by atoms with E-state index in [2.05, 4.69) is 15.9 Å². The topological polar surface area (TPSA) is 61.5 Å². The number of carbonyl (C=O) groups excluding carboxylic acids is 1. The molecule has 0 bridgehead atoms. The van der Waals surface area contributed by atoms with Crippen LogP contribution in [-0.2, 0) is 0 Å². The first-order valence-corrected chi connectivity index (χ1v) is 7.22. The van der Waals surface area contributed by atoms with Crippen LogP contribution in [-0.4, -0.2) is 25.5 Å². The number of ether oxygens (including phenoxy) is 2. The second kappa shape index (κ2) is 6.39. The Hall–Kier alpha value is -1.07. The molecule has 0 saturated heterocycles. The molecule has 0 atom stereocenters. The number of methoxy groups -OCH3 is 1. The molecule has 1 aliphatic carbocycles. The predicted octanol–water partition coefficient (Wildman–Crippen LogP) is 2.92. The zero-order chi connectivity index (χ0) is 13.8. The van der Waals surface area contributed by atoms with Gasteiger partial charge in [-0.25, -0.2) is 0 Å². The van der Waals surface area contributed by atoms with Gasteiger partial charge in [-0.05, 0) is 37.9 Å². The van der Waals surface area contributed by atoms with Gasteiger partial charge in [0.15, 0.2) is 17.3 Å². The second-order valence-corrected chi connectivity index (χ2v) is 5.53. The van der Waals surface area contributed by atoms with Gasteiger partial charge in [0.2, 0.25) is 0 Å². The minimum atomic E-state index is -0.0172. The highest BCUT2D eigenvalue weighted by atomic mass is 79.9. The summed E-state index contributed by atoms with van der Waals surface area (Å²) in [7, 11) is 1.58. The first-order valence-electron chi connectivity index (χ1n) is 6.43. The third kappa shape index (κ3) is 3.28. The fourth-order valence-electron chi connectivity index (χ4n) is 1.97. The molecule has 0 amide bonds. The van der Waals surface area contributed by atoms with Crippen LogP contribution in [0.25, 0.3) is 0 Å². The van der Waals surface area contributed by atoms with Gasteiger partial charge in [-0.3, -0.25) is 4.79 Å². The number of benzene rings is 1. The molecule has 0 unspecified atom stereocenters. The lowest BCUT2D eigenvalue weighted by atomic mass is 9.96. The molecule has 19 heavy (non-hydrogen) atoms. The van der Waals surface area contributed by atoms with Crippen molar-refractivity contribution in [1.29, 1.82) is 0 Å². The van der Waals surface area contributed by atoms with Gasteiger partial charge < -0.3 is 15.2 Å². The summed E-state index contributed by atoms with van der Waals surface area (Å²) >= 11 is 3.39. The van der Waals surface area contributed by atoms with Gasteiger partial charge >= 0.3 is 0 Å². The Morgan fingerprint density at radius 1 is 1.47 bits per heavy atom. The molecule has 1 fully saturated rings. The first kappa shape index (κ1) is 14.3. The molecule has 0 spiro atoms. The number of rotatable bonds is 6. The van der Waals surface area contributed by atoms with E-state index < -0.39 is 0 Å². The molecule has 2 rings (SSSR count). The lowest BCUT2D eigenvalue weighted by Crippen LogP contribution is -2.26. The van der Waals surface area contributed by atoms with Gasteiger partial charge in [-0.15, -0.1) is 0 Å². The van der Waals surface area contributed by atoms with Crippen LogP contribution in [0.5, 0.6) is 11.5 Å². The zero-order valence-electron chi connectivity index (χ0n) is 10.9. The molecule has 104 valence electrons. The summed E-state index contributed by atoms with van der Waals surface area (Å²) in [6.45, 7) is 0.330. The fraction of sp³-hybridized carbons (Fsp3) is 0.500. The van der Waals surface area contributed by atoms with Crippen LogP contribution in [0, 0.1) is 0 Å². The molecular formula is C14H18BrNO3. The molecule has 0 heterocycles. The maximum Gasteiger partial charge on any atom is 0.172 e. The highest BCUT2D eigenvalue weighted by Gasteiger charge is 2.25. The summed E-state index contributed by atoms with van der Waals surface area (Å²) in [6.07, 6.45) is 3.74. The van der Waals surface area contributed by atoms with E-state index in [1.807, 2.05) is 6.07 Å². The maximum absolute atomic E-state index is 12.1. The SMILES string of the molecule is COc1cc(Br)cc(C(=O)CCN)c1OC1CCC1. The molecule has 1 saturated carbocycles. The van der Waals surface area contributed by atoms with Gasteiger partial charge in [0, 0.05) is 10.9 Å². The van der Waals surface area contributed by atoms with Crippen LogP contribution >= 0.6 is 15.9 Å². The van der Waals surface area contributed by atoms with Crippen molar-refractivity contribution in [1.82, 2.24) is 0 Å². The monoisotopic (exact) mass is 327 g/mol. The van der Waals surface area contributed by atoms with Crippen LogP contribution in [0.2, 0.25) is 0 Å². The van der Waals surface area contributed by atoms with Crippen molar-refractivity contribution in [2.24, 2.45) is 5.73 Å². The van der Waals surface area contributed by atoms with E-state index in [4.69, 9.17) is 15.2 Å². The number of ketones is 1. The summed E-state index contributed by atoms with van der Waals surface area (Å²) in [6, 6.07) is 3.59. The number of carbonyl (C=O) groups is 1. The average molecular weight is 328 g/mol. The Labute approximate surface area is 121 Å². The number of hydrogen-bond acceptors (Lipinski definition) is 4. The van der Waals surface area contributed by atoms with E-state index >= 15 is 0 Å². The van der Waals surface area contributed by atoms with E-state index in [-0.39, 0.29) is 11.9 Å². The summed E-state index contributed by atoms with van der Waals surface area (Å²) < 4.78 is 12.0. The van der Waals surface area contributed by atoms with E-state index in [1.165, 1.54) is 6.42 Å². The summed E-state index contributed by atoms with van der Waals surface area (Å²) in [5, 5.41) is 0. The van der Waals surface area contributed by atoms with E-state index in [1.54, 1.807) is 13.2 Å². The van der Waals surface area contributed by atoms with Crippen LogP contribution in [0.3, 0.4) is 0 Å². The highest BCUT2D eigenvalue weighted by Crippen LogP contribution is 2.38. The van der Waals surface area contributed by atoms with E-state index in [0.29, 0.717) is 30.0 Å².